The monoisotopic (exact) mass is 335 g/mol. The topological polar surface area (TPSA) is 62.3 Å². The number of carbonyl (C=O) groups excluding carboxylic acids is 2. The number of hydrogen-bond donors (Lipinski definition) is 1. The van der Waals surface area contributed by atoms with E-state index in [9.17, 15) is 14.0 Å². The fraction of sp³-hybridized carbons (Fsp3) is 0.312. The maximum absolute atomic E-state index is 13.2. The van der Waals surface area contributed by atoms with E-state index in [2.05, 4.69) is 10.3 Å². The van der Waals surface area contributed by atoms with Gasteiger partial charge >= 0.3 is 0 Å². The van der Waals surface area contributed by atoms with Gasteiger partial charge in [-0.25, -0.2) is 9.37 Å². The van der Waals surface area contributed by atoms with Gasteiger partial charge in [0.2, 0.25) is 11.8 Å². The number of rotatable bonds is 6. The summed E-state index contributed by atoms with van der Waals surface area (Å²) in [5, 5.41) is 3.16. The van der Waals surface area contributed by atoms with Gasteiger partial charge in [0.25, 0.3) is 0 Å². The molecule has 5 nitrogen and oxygen atoms in total. The minimum Gasteiger partial charge on any atom is -0.349 e. The van der Waals surface area contributed by atoms with Crippen molar-refractivity contribution in [3.63, 3.8) is 0 Å². The number of thiazole rings is 1. The molecule has 2 aromatic rings. The Labute approximate surface area is 138 Å². The number of halogens is 1. The van der Waals surface area contributed by atoms with Crippen LogP contribution < -0.4 is 5.32 Å². The van der Waals surface area contributed by atoms with Crippen LogP contribution in [-0.2, 0) is 16.0 Å². The van der Waals surface area contributed by atoms with Crippen molar-refractivity contribution in [2.45, 2.75) is 19.3 Å². The zero-order chi connectivity index (χ0) is 16.8. The number of nitrogens with zero attached hydrogens (tertiary/aromatic N) is 2. The zero-order valence-corrected chi connectivity index (χ0v) is 13.8. The second-order valence-corrected chi connectivity index (χ2v) is 6.39. The summed E-state index contributed by atoms with van der Waals surface area (Å²) in [5.41, 5.74) is 0.850. The molecule has 1 heterocycles. The fourth-order valence-corrected chi connectivity index (χ4v) is 2.78. The third kappa shape index (κ3) is 5.45. The second-order valence-electron chi connectivity index (χ2n) is 5.27. The Hall–Kier alpha value is -2.28. The minimum atomic E-state index is -0.272. The Morgan fingerprint density at radius 3 is 2.78 bits per heavy atom. The van der Waals surface area contributed by atoms with E-state index in [4.69, 9.17) is 0 Å². The molecule has 1 N–H and O–H groups in total. The van der Waals surface area contributed by atoms with Gasteiger partial charge in [0.05, 0.1) is 0 Å². The van der Waals surface area contributed by atoms with Crippen LogP contribution in [0, 0.1) is 5.82 Å². The summed E-state index contributed by atoms with van der Waals surface area (Å²) in [5.74, 6) is -0.607. The number of anilines is 1. The number of aromatic nitrogens is 1. The predicted octanol–water partition coefficient (Wildman–Crippen LogP) is 2.68. The van der Waals surface area contributed by atoms with Crippen molar-refractivity contribution in [1.29, 1.82) is 0 Å². The zero-order valence-electron chi connectivity index (χ0n) is 13.0. The van der Waals surface area contributed by atoms with Gasteiger partial charge in [0, 0.05) is 44.4 Å². The molecule has 23 heavy (non-hydrogen) atoms. The molecule has 0 aliphatic rings. The lowest BCUT2D eigenvalue weighted by atomic mass is 10.1. The van der Waals surface area contributed by atoms with Crippen molar-refractivity contribution in [2.75, 3.05) is 19.4 Å². The van der Waals surface area contributed by atoms with Gasteiger partial charge < -0.3 is 10.2 Å². The predicted molar refractivity (Wildman–Crippen MR) is 87.9 cm³/mol. The van der Waals surface area contributed by atoms with Crippen LogP contribution >= 0.6 is 11.3 Å². The Balaban J connectivity index is 1.87. The fourth-order valence-electron chi connectivity index (χ4n) is 1.92. The van der Waals surface area contributed by atoms with Crippen molar-refractivity contribution >= 4 is 28.3 Å². The maximum Gasteiger partial charge on any atom is 0.226 e. The Morgan fingerprint density at radius 2 is 2.09 bits per heavy atom. The highest BCUT2D eigenvalue weighted by Crippen LogP contribution is 2.21. The molecule has 0 spiro atoms. The van der Waals surface area contributed by atoms with Crippen LogP contribution in [0.1, 0.15) is 23.3 Å². The van der Waals surface area contributed by atoms with Crippen molar-refractivity contribution in [3.8, 4) is 0 Å². The average molecular weight is 335 g/mol. The molecule has 0 atom stereocenters. The summed E-state index contributed by atoms with van der Waals surface area (Å²) in [6.07, 6.45) is 2.51. The quantitative estimate of drug-likeness (QED) is 0.883. The van der Waals surface area contributed by atoms with Gasteiger partial charge in [-0.1, -0.05) is 12.1 Å². The second kappa shape index (κ2) is 7.82. The van der Waals surface area contributed by atoms with Gasteiger partial charge in [-0.15, -0.1) is 11.3 Å². The summed E-state index contributed by atoms with van der Waals surface area (Å²) >= 11 is 1.34. The minimum absolute atomic E-state index is 0.0916. The van der Waals surface area contributed by atoms with Crippen molar-refractivity contribution in [1.82, 2.24) is 9.88 Å². The van der Waals surface area contributed by atoms with Crippen LogP contribution in [0.3, 0.4) is 0 Å². The van der Waals surface area contributed by atoms with Crippen LogP contribution in [0.4, 0.5) is 9.52 Å². The molecular formula is C16H18FN3O2S. The van der Waals surface area contributed by atoms with E-state index < -0.39 is 0 Å². The van der Waals surface area contributed by atoms with Crippen molar-refractivity contribution < 1.29 is 14.0 Å². The lowest BCUT2D eigenvalue weighted by Crippen LogP contribution is -2.23. The van der Waals surface area contributed by atoms with E-state index in [0.29, 0.717) is 11.6 Å². The first kappa shape index (κ1) is 17.1. The molecule has 2 amide bonds. The van der Waals surface area contributed by atoms with E-state index in [0.717, 1.165) is 10.4 Å². The molecule has 0 aliphatic heterocycles. The third-order valence-electron chi connectivity index (χ3n) is 3.13. The molecule has 1 aromatic carbocycles. The van der Waals surface area contributed by atoms with E-state index in [1.54, 1.807) is 26.4 Å². The SMILES string of the molecule is CN(C)C(=O)CCC(=O)Nc1ncc(Cc2cccc(F)c2)s1. The van der Waals surface area contributed by atoms with Crippen LogP contribution in [-0.4, -0.2) is 35.8 Å². The summed E-state index contributed by atoms with van der Waals surface area (Å²) in [4.78, 5) is 29.7. The lowest BCUT2D eigenvalue weighted by molar-refractivity contribution is -0.130. The van der Waals surface area contributed by atoms with Crippen molar-refractivity contribution in [2.24, 2.45) is 0 Å². The maximum atomic E-state index is 13.2. The number of nitrogens with one attached hydrogen (secondary N) is 1. The molecule has 0 bridgehead atoms. The number of carbonyl (C=O) groups is 2. The molecule has 122 valence electrons. The van der Waals surface area contributed by atoms with E-state index >= 15 is 0 Å². The number of amides is 2. The molecule has 0 unspecified atom stereocenters. The molecule has 0 fully saturated rings. The van der Waals surface area contributed by atoms with Crippen molar-refractivity contribution in [3.05, 3.63) is 46.7 Å². The van der Waals surface area contributed by atoms with Crippen LogP contribution in [0.25, 0.3) is 0 Å². The number of benzene rings is 1. The van der Waals surface area contributed by atoms with E-state index in [1.165, 1.54) is 28.4 Å². The Morgan fingerprint density at radius 1 is 1.30 bits per heavy atom. The largest absolute Gasteiger partial charge is 0.349 e. The number of hydrogen-bond acceptors (Lipinski definition) is 4. The molecule has 7 heteroatoms. The average Bonchev–Trinajstić information content (AvgIpc) is 2.91. The van der Waals surface area contributed by atoms with Crippen LogP contribution in [0.15, 0.2) is 30.5 Å². The van der Waals surface area contributed by atoms with Gasteiger partial charge in [-0.2, -0.15) is 0 Å². The summed E-state index contributed by atoms with van der Waals surface area (Å²) in [6.45, 7) is 0. The molecule has 0 saturated carbocycles. The molecular weight excluding hydrogens is 317 g/mol. The molecule has 0 saturated heterocycles. The lowest BCUT2D eigenvalue weighted by Gasteiger charge is -2.09. The van der Waals surface area contributed by atoms with Gasteiger partial charge in [0.1, 0.15) is 5.82 Å². The molecule has 0 aliphatic carbocycles. The van der Waals surface area contributed by atoms with Crippen LogP contribution in [0.2, 0.25) is 0 Å². The molecule has 0 radical (unpaired) electrons. The Bertz CT molecular complexity index is 700. The highest BCUT2D eigenvalue weighted by atomic mass is 32.1. The molecule has 2 rings (SSSR count). The van der Waals surface area contributed by atoms with Crippen LogP contribution in [0.5, 0.6) is 0 Å². The first-order valence-corrected chi connectivity index (χ1v) is 7.95. The Kier molecular flexibility index (Phi) is 5.81. The van der Waals surface area contributed by atoms with E-state index in [1.807, 2.05) is 6.07 Å². The first-order valence-electron chi connectivity index (χ1n) is 7.13. The molecule has 1 aromatic heterocycles. The normalized spacial score (nSPS) is 10.4. The summed E-state index contributed by atoms with van der Waals surface area (Å²) < 4.78 is 13.2. The van der Waals surface area contributed by atoms with Gasteiger partial charge in [0.15, 0.2) is 5.13 Å². The van der Waals surface area contributed by atoms with Gasteiger partial charge in [-0.3, -0.25) is 9.59 Å². The smallest absolute Gasteiger partial charge is 0.226 e. The first-order chi connectivity index (χ1) is 10.9. The standard InChI is InChI=1S/C16H18FN3O2S/c1-20(2)15(22)7-6-14(21)19-16-18-10-13(23-16)9-11-4-3-5-12(17)8-11/h3-5,8,10H,6-7,9H2,1-2H3,(H,18,19,21). The summed E-state index contributed by atoms with van der Waals surface area (Å²) in [6, 6.07) is 6.38. The summed E-state index contributed by atoms with van der Waals surface area (Å²) in [7, 11) is 3.31. The third-order valence-corrected chi connectivity index (χ3v) is 4.04. The van der Waals surface area contributed by atoms with Gasteiger partial charge in [-0.05, 0) is 17.7 Å². The highest BCUT2D eigenvalue weighted by Gasteiger charge is 2.11. The van der Waals surface area contributed by atoms with E-state index in [-0.39, 0.29) is 30.5 Å². The highest BCUT2D eigenvalue weighted by molar-refractivity contribution is 7.15.